The highest BCUT2D eigenvalue weighted by Gasteiger charge is 2.21. The van der Waals surface area contributed by atoms with E-state index in [0.717, 1.165) is 12.8 Å². The summed E-state index contributed by atoms with van der Waals surface area (Å²) >= 11 is 0. The summed E-state index contributed by atoms with van der Waals surface area (Å²) in [5.74, 6) is 0. The molecule has 1 nitrogen and oxygen atoms in total. The first-order valence-corrected chi connectivity index (χ1v) is 12.9. The number of benzene rings is 5. The van der Waals surface area contributed by atoms with Gasteiger partial charge in [-0.2, -0.15) is 0 Å². The third-order valence-electron chi connectivity index (χ3n) is 7.84. The quantitative estimate of drug-likeness (QED) is 0.222. The van der Waals surface area contributed by atoms with Crippen LogP contribution >= 0.6 is 0 Å². The Morgan fingerprint density at radius 3 is 2.16 bits per heavy atom. The third-order valence-corrected chi connectivity index (χ3v) is 7.84. The average Bonchev–Trinajstić information content (AvgIpc) is 3.33. The molecule has 0 radical (unpaired) electrons. The second-order valence-electron chi connectivity index (χ2n) is 9.84. The molecule has 0 atom stereocenters. The Labute approximate surface area is 215 Å². The molecular formula is C36H23N. The molecule has 0 fully saturated rings. The monoisotopic (exact) mass is 469 g/mol. The number of aromatic nitrogens is 1. The minimum absolute atomic E-state index is 1.07. The van der Waals surface area contributed by atoms with Gasteiger partial charge in [-0.15, -0.1) is 0 Å². The van der Waals surface area contributed by atoms with Crippen LogP contribution in [0.4, 0.5) is 0 Å². The smallest absolute Gasteiger partial charge is 0.0626 e. The predicted molar refractivity (Wildman–Crippen MR) is 158 cm³/mol. The van der Waals surface area contributed by atoms with Crippen LogP contribution in [0.5, 0.6) is 0 Å². The molecule has 37 heavy (non-hydrogen) atoms. The van der Waals surface area contributed by atoms with Gasteiger partial charge in [0.05, 0.1) is 11.0 Å². The van der Waals surface area contributed by atoms with E-state index in [9.17, 15) is 0 Å². The van der Waals surface area contributed by atoms with Crippen LogP contribution in [-0.4, -0.2) is 4.57 Å². The Morgan fingerprint density at radius 2 is 1.38 bits per heavy atom. The third kappa shape index (κ3) is 2.87. The molecule has 0 amide bonds. The van der Waals surface area contributed by atoms with Crippen molar-refractivity contribution in [1.82, 2.24) is 4.57 Å². The number of fused-ring (bicyclic) bond motifs is 10. The summed E-state index contributed by atoms with van der Waals surface area (Å²) in [7, 11) is 0. The molecule has 0 bridgehead atoms. The van der Waals surface area contributed by atoms with E-state index in [1.54, 1.807) is 0 Å². The minimum atomic E-state index is 1.07. The van der Waals surface area contributed by atoms with Crippen LogP contribution in [0.15, 0.2) is 115 Å². The summed E-state index contributed by atoms with van der Waals surface area (Å²) in [6, 6.07) is 41.4. The van der Waals surface area contributed by atoms with E-state index < -0.39 is 0 Å². The zero-order valence-electron chi connectivity index (χ0n) is 20.3. The molecule has 6 aromatic carbocycles. The fraction of sp³-hybridized carbons (Fsp3) is 0.0556. The topological polar surface area (TPSA) is 4.93 Å². The van der Waals surface area contributed by atoms with Gasteiger partial charge in [-0.25, -0.2) is 0 Å². The summed E-state index contributed by atoms with van der Waals surface area (Å²) in [5, 5.41) is 10.4. The van der Waals surface area contributed by atoms with Crippen molar-refractivity contribution in [1.29, 1.82) is 0 Å². The molecule has 0 spiro atoms. The van der Waals surface area contributed by atoms with E-state index >= 15 is 0 Å². The van der Waals surface area contributed by atoms with Gasteiger partial charge in [-0.05, 0) is 81.9 Å². The van der Waals surface area contributed by atoms with Gasteiger partial charge in [0, 0.05) is 27.2 Å². The van der Waals surface area contributed by atoms with Crippen molar-refractivity contribution in [2.45, 2.75) is 12.8 Å². The zero-order valence-corrected chi connectivity index (χ0v) is 20.3. The summed E-state index contributed by atoms with van der Waals surface area (Å²) < 4.78 is 2.49. The second-order valence-corrected chi connectivity index (χ2v) is 9.84. The standard InChI is InChI=1S/C36H23N/c1-3-13-24(14-4-1)31-23-32-27-18-8-10-20-29(27)36-35(34(32)28-19-9-7-17-26(28)31)30-21-11-12-22-33(30)37(36)25-15-5-2-6-16-25/h3,5,7-23H,2,6H2. The molecule has 1 heteroatoms. The fourth-order valence-corrected chi connectivity index (χ4v) is 6.32. The molecule has 0 aliphatic heterocycles. The zero-order chi connectivity index (χ0) is 24.3. The highest BCUT2D eigenvalue weighted by Crippen LogP contribution is 2.46. The van der Waals surface area contributed by atoms with E-state index in [1.807, 2.05) is 12.1 Å². The van der Waals surface area contributed by atoms with E-state index in [1.165, 1.54) is 70.9 Å². The molecule has 8 rings (SSSR count). The van der Waals surface area contributed by atoms with Crippen molar-refractivity contribution in [2.75, 3.05) is 0 Å². The summed E-state index contributed by atoms with van der Waals surface area (Å²) in [6.45, 7) is 0. The van der Waals surface area contributed by atoms with Gasteiger partial charge in [-0.1, -0.05) is 91.0 Å². The molecule has 7 aromatic rings. The Kier molecular flexibility index (Phi) is 4.33. The lowest BCUT2D eigenvalue weighted by molar-refractivity contribution is 1.02. The first-order valence-electron chi connectivity index (χ1n) is 12.9. The Morgan fingerprint density at radius 1 is 0.622 bits per heavy atom. The van der Waals surface area contributed by atoms with Gasteiger partial charge in [-0.3, -0.25) is 0 Å². The lowest BCUT2D eigenvalue weighted by Crippen LogP contribution is -1.98. The molecule has 0 unspecified atom stereocenters. The first kappa shape index (κ1) is 20.4. The molecule has 1 aromatic heterocycles. The molecule has 1 aliphatic carbocycles. The molecular weight excluding hydrogens is 446 g/mol. The summed E-state index contributed by atoms with van der Waals surface area (Å²) in [6.07, 6.45) is 9.15. The van der Waals surface area contributed by atoms with Crippen molar-refractivity contribution in [3.8, 4) is 11.1 Å². The van der Waals surface area contributed by atoms with Gasteiger partial charge in [0.2, 0.25) is 0 Å². The van der Waals surface area contributed by atoms with Crippen LogP contribution in [0, 0.1) is 12.1 Å². The highest BCUT2D eigenvalue weighted by atomic mass is 15.0. The number of para-hydroxylation sites is 1. The van der Waals surface area contributed by atoms with Crippen LogP contribution < -0.4 is 0 Å². The van der Waals surface area contributed by atoms with E-state index in [2.05, 4.69) is 120 Å². The molecule has 0 saturated carbocycles. The van der Waals surface area contributed by atoms with Gasteiger partial charge in [0.25, 0.3) is 0 Å². The van der Waals surface area contributed by atoms with Crippen molar-refractivity contribution >= 4 is 59.8 Å². The fourth-order valence-electron chi connectivity index (χ4n) is 6.32. The van der Waals surface area contributed by atoms with Gasteiger partial charge >= 0.3 is 0 Å². The summed E-state index contributed by atoms with van der Waals surface area (Å²) in [4.78, 5) is 0. The van der Waals surface area contributed by atoms with E-state index in [-0.39, 0.29) is 0 Å². The molecule has 1 aliphatic rings. The molecule has 0 saturated heterocycles. The van der Waals surface area contributed by atoms with Crippen LogP contribution in [0.2, 0.25) is 0 Å². The largest absolute Gasteiger partial charge is 0.309 e. The van der Waals surface area contributed by atoms with Gasteiger partial charge in [0.15, 0.2) is 0 Å². The Bertz CT molecular complexity index is 2070. The Balaban J connectivity index is 1.69. The van der Waals surface area contributed by atoms with Crippen LogP contribution in [0.25, 0.3) is 70.9 Å². The maximum Gasteiger partial charge on any atom is 0.0626 e. The van der Waals surface area contributed by atoms with E-state index in [0.29, 0.717) is 0 Å². The van der Waals surface area contributed by atoms with Crippen molar-refractivity contribution in [3.05, 3.63) is 127 Å². The van der Waals surface area contributed by atoms with Gasteiger partial charge < -0.3 is 4.57 Å². The van der Waals surface area contributed by atoms with Gasteiger partial charge in [0.1, 0.15) is 0 Å². The lowest BCUT2D eigenvalue weighted by Gasteiger charge is -2.17. The average molecular weight is 470 g/mol. The number of hydrogen-bond acceptors (Lipinski definition) is 0. The number of nitrogens with zero attached hydrogens (tertiary/aromatic N) is 1. The molecule has 0 N–H and O–H groups in total. The maximum absolute atomic E-state index is 3.16. The number of allylic oxidation sites excluding steroid dienone is 4. The van der Waals surface area contributed by atoms with Crippen LogP contribution in [0.3, 0.4) is 0 Å². The number of rotatable bonds is 2. The lowest BCUT2D eigenvalue weighted by atomic mass is 9.88. The number of hydrogen-bond donors (Lipinski definition) is 0. The molecule has 172 valence electrons. The van der Waals surface area contributed by atoms with Crippen LogP contribution in [-0.2, 0) is 0 Å². The highest BCUT2D eigenvalue weighted by molar-refractivity contribution is 6.38. The van der Waals surface area contributed by atoms with Crippen molar-refractivity contribution < 1.29 is 0 Å². The first-order chi connectivity index (χ1) is 18.4. The maximum atomic E-state index is 3.16. The SMILES string of the molecule is c1ccc(-c2cc3c4ccccc4c4c(c5ccccc5n4C4=CCCC=C4)c3c3ccccc23)cc#1. The van der Waals surface area contributed by atoms with Crippen LogP contribution in [0.1, 0.15) is 12.8 Å². The van der Waals surface area contributed by atoms with Crippen molar-refractivity contribution in [3.63, 3.8) is 0 Å². The molecule has 1 heterocycles. The second kappa shape index (κ2) is 7.85. The summed E-state index contributed by atoms with van der Waals surface area (Å²) in [5.41, 5.74) is 6.22. The van der Waals surface area contributed by atoms with E-state index in [4.69, 9.17) is 0 Å². The minimum Gasteiger partial charge on any atom is -0.309 e. The van der Waals surface area contributed by atoms with Crippen molar-refractivity contribution in [2.24, 2.45) is 0 Å². The predicted octanol–water partition coefficient (Wildman–Crippen LogP) is 9.71. The Hall–Kier alpha value is -4.80. The normalized spacial score (nSPS) is 13.6.